The average molecular weight is 280 g/mol. The summed E-state index contributed by atoms with van der Waals surface area (Å²) in [5, 5.41) is 3.66. The summed E-state index contributed by atoms with van der Waals surface area (Å²) < 4.78 is 32.0. The molecule has 1 N–H and O–H groups in total. The lowest BCUT2D eigenvalue weighted by Gasteiger charge is -2.08. The Hall–Kier alpha value is -1.82. The monoisotopic (exact) mass is 280 g/mol. The van der Waals surface area contributed by atoms with Crippen molar-refractivity contribution in [3.05, 3.63) is 41.3 Å². The molecule has 0 radical (unpaired) electrons. The molecule has 0 aliphatic heterocycles. The van der Waals surface area contributed by atoms with Crippen molar-refractivity contribution in [2.45, 2.75) is 32.1 Å². The Bertz CT molecular complexity index is 670. The molecule has 0 aliphatic carbocycles. The molecule has 5 nitrogen and oxygen atoms in total. The number of benzene rings is 1. The number of rotatable bonds is 4. The summed E-state index contributed by atoms with van der Waals surface area (Å²) in [5.74, 6) is 0.289. The van der Waals surface area contributed by atoms with Gasteiger partial charge in [-0.25, -0.2) is 8.42 Å². The van der Waals surface area contributed by atoms with E-state index >= 15 is 0 Å². The smallest absolute Gasteiger partial charge is 0.267 e. The Morgan fingerprint density at radius 2 is 2.05 bits per heavy atom. The van der Waals surface area contributed by atoms with Gasteiger partial charge in [-0.2, -0.15) is 0 Å². The van der Waals surface area contributed by atoms with Crippen LogP contribution in [0.3, 0.4) is 0 Å². The SMILES string of the molecule is CCc1cccc(NS(=O)(=O)c2c(C)noc2C)c1. The van der Waals surface area contributed by atoms with E-state index in [1.54, 1.807) is 19.9 Å². The maximum Gasteiger partial charge on any atom is 0.267 e. The van der Waals surface area contributed by atoms with E-state index in [4.69, 9.17) is 4.52 Å². The van der Waals surface area contributed by atoms with Crippen LogP contribution in [0.1, 0.15) is 23.9 Å². The minimum absolute atomic E-state index is 0.106. The topological polar surface area (TPSA) is 72.2 Å². The minimum atomic E-state index is -3.66. The van der Waals surface area contributed by atoms with Crippen molar-refractivity contribution in [3.8, 4) is 0 Å². The van der Waals surface area contributed by atoms with Crippen molar-refractivity contribution in [1.82, 2.24) is 5.16 Å². The predicted molar refractivity (Wildman–Crippen MR) is 72.6 cm³/mol. The van der Waals surface area contributed by atoms with Gasteiger partial charge in [-0.05, 0) is 38.0 Å². The van der Waals surface area contributed by atoms with E-state index in [1.165, 1.54) is 0 Å². The average Bonchev–Trinajstić information content (AvgIpc) is 2.69. The third-order valence-corrected chi connectivity index (χ3v) is 4.45. The first-order chi connectivity index (χ1) is 8.94. The van der Waals surface area contributed by atoms with Crippen LogP contribution in [0.2, 0.25) is 0 Å². The van der Waals surface area contributed by atoms with Crippen LogP contribution >= 0.6 is 0 Å². The first-order valence-electron chi connectivity index (χ1n) is 5.98. The van der Waals surface area contributed by atoms with Crippen LogP contribution in [0.5, 0.6) is 0 Å². The van der Waals surface area contributed by atoms with Crippen molar-refractivity contribution in [2.75, 3.05) is 4.72 Å². The predicted octanol–water partition coefficient (Wildman–Crippen LogP) is 2.65. The molecule has 0 unspecified atom stereocenters. The highest BCUT2D eigenvalue weighted by molar-refractivity contribution is 7.92. The van der Waals surface area contributed by atoms with E-state index in [0.29, 0.717) is 11.4 Å². The molecule has 19 heavy (non-hydrogen) atoms. The summed E-state index contributed by atoms with van der Waals surface area (Å²) in [6.07, 6.45) is 0.848. The zero-order chi connectivity index (χ0) is 14.0. The molecule has 1 aromatic carbocycles. The molecule has 0 saturated heterocycles. The molecule has 2 aromatic rings. The molecule has 0 saturated carbocycles. The lowest BCUT2D eigenvalue weighted by Crippen LogP contribution is -2.14. The van der Waals surface area contributed by atoms with Gasteiger partial charge in [-0.15, -0.1) is 0 Å². The Balaban J connectivity index is 2.36. The summed E-state index contributed by atoms with van der Waals surface area (Å²) in [5.41, 5.74) is 1.97. The van der Waals surface area contributed by atoms with E-state index in [9.17, 15) is 8.42 Å². The quantitative estimate of drug-likeness (QED) is 0.934. The molecule has 0 atom stereocenters. The number of aryl methyl sites for hydroxylation is 3. The van der Waals surface area contributed by atoms with E-state index in [1.807, 2.05) is 25.1 Å². The van der Waals surface area contributed by atoms with Crippen LogP contribution in [0, 0.1) is 13.8 Å². The summed E-state index contributed by atoms with van der Waals surface area (Å²) in [7, 11) is -3.66. The number of sulfonamides is 1. The summed E-state index contributed by atoms with van der Waals surface area (Å²) in [4.78, 5) is 0.106. The highest BCUT2D eigenvalue weighted by atomic mass is 32.2. The van der Waals surface area contributed by atoms with Gasteiger partial charge in [0.05, 0.1) is 0 Å². The molecule has 6 heteroatoms. The van der Waals surface area contributed by atoms with Crippen LogP contribution in [0.15, 0.2) is 33.7 Å². The number of nitrogens with one attached hydrogen (secondary N) is 1. The van der Waals surface area contributed by atoms with Gasteiger partial charge in [0.25, 0.3) is 10.0 Å². The van der Waals surface area contributed by atoms with Crippen molar-refractivity contribution in [3.63, 3.8) is 0 Å². The van der Waals surface area contributed by atoms with Crippen LogP contribution in [-0.4, -0.2) is 13.6 Å². The zero-order valence-electron chi connectivity index (χ0n) is 11.1. The minimum Gasteiger partial charge on any atom is -0.360 e. The molecule has 0 aliphatic rings. The van der Waals surface area contributed by atoms with Crippen LogP contribution in [0.25, 0.3) is 0 Å². The fraction of sp³-hybridized carbons (Fsp3) is 0.308. The first-order valence-corrected chi connectivity index (χ1v) is 7.47. The fourth-order valence-electron chi connectivity index (χ4n) is 1.92. The molecule has 0 fully saturated rings. The number of anilines is 1. The van der Waals surface area contributed by atoms with Gasteiger partial charge in [0.2, 0.25) is 0 Å². The molecule has 1 aromatic heterocycles. The summed E-state index contributed by atoms with van der Waals surface area (Å²) >= 11 is 0. The Morgan fingerprint density at radius 3 is 2.63 bits per heavy atom. The van der Waals surface area contributed by atoms with Crippen LogP contribution in [0.4, 0.5) is 5.69 Å². The number of aromatic nitrogens is 1. The van der Waals surface area contributed by atoms with Crippen molar-refractivity contribution in [2.24, 2.45) is 0 Å². The Morgan fingerprint density at radius 1 is 1.32 bits per heavy atom. The van der Waals surface area contributed by atoms with Crippen LogP contribution in [-0.2, 0) is 16.4 Å². The molecule has 0 bridgehead atoms. The van der Waals surface area contributed by atoms with E-state index < -0.39 is 10.0 Å². The zero-order valence-corrected chi connectivity index (χ0v) is 11.9. The first kappa shape index (κ1) is 13.6. The van der Waals surface area contributed by atoms with Gasteiger partial charge >= 0.3 is 0 Å². The molecular formula is C13H16N2O3S. The third-order valence-electron chi connectivity index (χ3n) is 2.82. The summed E-state index contributed by atoms with van der Waals surface area (Å²) in [6, 6.07) is 7.31. The van der Waals surface area contributed by atoms with Crippen molar-refractivity contribution >= 4 is 15.7 Å². The largest absolute Gasteiger partial charge is 0.360 e. The second-order valence-electron chi connectivity index (χ2n) is 4.31. The van der Waals surface area contributed by atoms with E-state index in [0.717, 1.165) is 12.0 Å². The van der Waals surface area contributed by atoms with E-state index in [-0.39, 0.29) is 10.7 Å². The third kappa shape index (κ3) is 2.78. The lowest BCUT2D eigenvalue weighted by atomic mass is 10.1. The van der Waals surface area contributed by atoms with Gasteiger partial charge in [0.15, 0.2) is 10.7 Å². The van der Waals surface area contributed by atoms with E-state index in [2.05, 4.69) is 9.88 Å². The van der Waals surface area contributed by atoms with Gasteiger partial charge in [-0.1, -0.05) is 24.2 Å². The fourth-order valence-corrected chi connectivity index (χ4v) is 3.30. The second kappa shape index (κ2) is 5.05. The normalized spacial score (nSPS) is 11.5. The molecule has 102 valence electrons. The highest BCUT2D eigenvalue weighted by Crippen LogP contribution is 2.22. The molecule has 2 rings (SSSR count). The molecule has 0 spiro atoms. The molecular weight excluding hydrogens is 264 g/mol. The molecule has 0 amide bonds. The van der Waals surface area contributed by atoms with Crippen molar-refractivity contribution < 1.29 is 12.9 Å². The molecule has 1 heterocycles. The lowest BCUT2D eigenvalue weighted by molar-refractivity contribution is 0.390. The van der Waals surface area contributed by atoms with Gasteiger partial charge in [0, 0.05) is 5.69 Å². The maximum atomic E-state index is 12.3. The van der Waals surface area contributed by atoms with Gasteiger partial charge < -0.3 is 4.52 Å². The number of hydrogen-bond acceptors (Lipinski definition) is 4. The number of nitrogens with zero attached hydrogens (tertiary/aromatic N) is 1. The van der Waals surface area contributed by atoms with Crippen molar-refractivity contribution in [1.29, 1.82) is 0 Å². The standard InChI is InChI=1S/C13H16N2O3S/c1-4-11-6-5-7-12(8-11)15-19(16,17)13-9(2)14-18-10(13)3/h5-8,15H,4H2,1-3H3. The summed E-state index contributed by atoms with van der Waals surface area (Å²) in [6.45, 7) is 5.20. The van der Waals surface area contributed by atoms with Gasteiger partial charge in [-0.3, -0.25) is 4.72 Å². The Kier molecular flexibility index (Phi) is 3.61. The maximum absolute atomic E-state index is 12.3. The van der Waals surface area contributed by atoms with Gasteiger partial charge in [0.1, 0.15) is 5.69 Å². The highest BCUT2D eigenvalue weighted by Gasteiger charge is 2.24. The Labute approximate surface area is 112 Å². The number of hydrogen-bond donors (Lipinski definition) is 1. The van der Waals surface area contributed by atoms with Crippen LogP contribution < -0.4 is 4.72 Å². The second-order valence-corrected chi connectivity index (χ2v) is 5.93.